The van der Waals surface area contributed by atoms with Gasteiger partial charge in [-0.3, -0.25) is 10.00 Å². The lowest BCUT2D eigenvalue weighted by atomic mass is 9.95. The first-order valence-electron chi connectivity index (χ1n) is 10.1. The minimum atomic E-state index is -0.148. The van der Waals surface area contributed by atoms with Crippen molar-refractivity contribution in [3.8, 4) is 22.8 Å². The Bertz CT molecular complexity index is 963. The first kappa shape index (κ1) is 20.8. The number of aromatic amines is 1. The number of hydrogen-bond donors (Lipinski definition) is 3. The van der Waals surface area contributed by atoms with E-state index in [9.17, 15) is 10.2 Å². The van der Waals surface area contributed by atoms with Crippen LogP contribution in [0.2, 0.25) is 5.02 Å². The molecule has 0 amide bonds. The number of rotatable bonds is 5. The number of phenolic OH excluding ortho intramolecular Hbond substituents is 2. The number of anilines is 1. The van der Waals surface area contributed by atoms with E-state index in [0.29, 0.717) is 17.2 Å². The second-order valence-electron chi connectivity index (χ2n) is 7.87. The molecule has 1 aromatic carbocycles. The van der Waals surface area contributed by atoms with Crippen LogP contribution in [0.25, 0.3) is 11.3 Å². The molecule has 160 valence electrons. The highest BCUT2D eigenvalue weighted by Gasteiger charge is 2.24. The molecule has 0 bridgehead atoms. The molecular formula is C22H27ClN4O3. The highest BCUT2D eigenvalue weighted by atomic mass is 35.5. The van der Waals surface area contributed by atoms with E-state index in [1.807, 2.05) is 0 Å². The van der Waals surface area contributed by atoms with Crippen molar-refractivity contribution in [3.05, 3.63) is 47.2 Å². The van der Waals surface area contributed by atoms with Gasteiger partial charge < -0.3 is 19.8 Å². The minimum absolute atomic E-state index is 0.0412. The van der Waals surface area contributed by atoms with Gasteiger partial charge in [-0.15, -0.1) is 0 Å². The molecule has 30 heavy (non-hydrogen) atoms. The number of H-pyrrole nitrogens is 1. The van der Waals surface area contributed by atoms with Crippen molar-refractivity contribution in [1.82, 2.24) is 15.1 Å². The van der Waals surface area contributed by atoms with Crippen LogP contribution in [0.5, 0.6) is 11.5 Å². The van der Waals surface area contributed by atoms with Gasteiger partial charge in [-0.05, 0) is 11.6 Å². The molecule has 2 heterocycles. The summed E-state index contributed by atoms with van der Waals surface area (Å²) in [6.07, 6.45) is 8.54. The molecule has 0 spiro atoms. The largest absolute Gasteiger partial charge is 0.507 e. The number of halogens is 1. The van der Waals surface area contributed by atoms with E-state index < -0.39 is 0 Å². The lowest BCUT2D eigenvalue weighted by molar-refractivity contribution is 0.111. The lowest BCUT2D eigenvalue weighted by Crippen LogP contribution is -2.47. The zero-order chi connectivity index (χ0) is 21.3. The maximum Gasteiger partial charge on any atom is 0.137 e. The van der Waals surface area contributed by atoms with Crippen LogP contribution in [0.3, 0.4) is 0 Å². The molecule has 2 aromatic rings. The Labute approximate surface area is 181 Å². The SMILES string of the molecule is COC1C=CC(CN2CCN(c3cn[nH]c3-c3cc(Cl)c(O)cc3O)CC2)=CC1C. The Morgan fingerprint density at radius 2 is 1.97 bits per heavy atom. The normalized spacial score (nSPS) is 22.4. The summed E-state index contributed by atoms with van der Waals surface area (Å²) in [5.41, 5.74) is 3.46. The molecule has 2 atom stereocenters. The molecule has 4 rings (SSSR count). The van der Waals surface area contributed by atoms with Crippen LogP contribution in [0.4, 0.5) is 5.69 Å². The number of phenols is 2. The van der Waals surface area contributed by atoms with Crippen LogP contribution in [0.1, 0.15) is 6.92 Å². The van der Waals surface area contributed by atoms with Crippen molar-refractivity contribution in [2.24, 2.45) is 5.92 Å². The number of nitrogens with zero attached hydrogens (tertiary/aromatic N) is 3. The fraction of sp³-hybridized carbons (Fsp3) is 0.409. The van der Waals surface area contributed by atoms with Crippen molar-refractivity contribution in [2.75, 3.05) is 44.7 Å². The van der Waals surface area contributed by atoms with E-state index in [0.717, 1.165) is 38.4 Å². The number of aromatic nitrogens is 2. The van der Waals surface area contributed by atoms with Gasteiger partial charge in [-0.25, -0.2) is 0 Å². The molecular weight excluding hydrogens is 404 g/mol. The maximum atomic E-state index is 10.3. The average molecular weight is 431 g/mol. The summed E-state index contributed by atoms with van der Waals surface area (Å²) < 4.78 is 5.47. The van der Waals surface area contributed by atoms with Gasteiger partial charge in [0.1, 0.15) is 11.5 Å². The highest BCUT2D eigenvalue weighted by Crippen LogP contribution is 2.40. The summed E-state index contributed by atoms with van der Waals surface area (Å²) in [6.45, 7) is 6.68. The molecule has 1 aliphatic carbocycles. The summed E-state index contributed by atoms with van der Waals surface area (Å²) in [6, 6.07) is 2.80. The van der Waals surface area contributed by atoms with Gasteiger partial charge in [0.15, 0.2) is 0 Å². The van der Waals surface area contributed by atoms with Gasteiger partial charge in [0, 0.05) is 57.4 Å². The summed E-state index contributed by atoms with van der Waals surface area (Å²) >= 11 is 6.05. The predicted molar refractivity (Wildman–Crippen MR) is 118 cm³/mol. The van der Waals surface area contributed by atoms with Crippen LogP contribution >= 0.6 is 11.6 Å². The first-order chi connectivity index (χ1) is 14.5. The van der Waals surface area contributed by atoms with E-state index in [-0.39, 0.29) is 22.6 Å². The average Bonchev–Trinajstić information content (AvgIpc) is 3.21. The standard InChI is InChI=1S/C22H27ClN4O3/c1-14-9-15(3-4-21(14)30-2)13-26-5-7-27(8-6-26)18-12-24-25-22(18)16-10-17(23)20(29)11-19(16)28/h3-4,9-12,14,21,28-29H,5-8,13H2,1-2H3,(H,24,25). The van der Waals surface area contributed by atoms with Gasteiger partial charge in [0.2, 0.25) is 0 Å². The van der Waals surface area contributed by atoms with Crippen LogP contribution in [-0.2, 0) is 4.74 Å². The summed E-state index contributed by atoms with van der Waals surface area (Å²) in [5, 5.41) is 27.3. The van der Waals surface area contributed by atoms with Crippen molar-refractivity contribution in [1.29, 1.82) is 0 Å². The van der Waals surface area contributed by atoms with E-state index in [4.69, 9.17) is 16.3 Å². The fourth-order valence-electron chi connectivity index (χ4n) is 4.15. The van der Waals surface area contributed by atoms with E-state index in [1.54, 1.807) is 19.4 Å². The number of ether oxygens (including phenoxy) is 1. The number of methoxy groups -OCH3 is 1. The molecule has 7 nitrogen and oxygen atoms in total. The van der Waals surface area contributed by atoms with Crippen LogP contribution in [0, 0.1) is 5.92 Å². The van der Waals surface area contributed by atoms with Crippen molar-refractivity contribution >= 4 is 17.3 Å². The third-order valence-corrected chi connectivity index (χ3v) is 6.14. The zero-order valence-electron chi connectivity index (χ0n) is 17.2. The quantitative estimate of drug-likeness (QED) is 0.674. The molecule has 0 radical (unpaired) electrons. The van der Waals surface area contributed by atoms with E-state index in [1.165, 1.54) is 11.6 Å². The topological polar surface area (TPSA) is 84.9 Å². The molecule has 1 aliphatic heterocycles. The van der Waals surface area contributed by atoms with Crippen LogP contribution < -0.4 is 4.90 Å². The maximum absolute atomic E-state index is 10.3. The lowest BCUT2D eigenvalue weighted by Gasteiger charge is -2.36. The predicted octanol–water partition coefficient (Wildman–Crippen LogP) is 3.41. The molecule has 2 aliphatic rings. The first-order valence-corrected chi connectivity index (χ1v) is 10.5. The zero-order valence-corrected chi connectivity index (χ0v) is 17.9. The number of benzene rings is 1. The third-order valence-electron chi connectivity index (χ3n) is 5.84. The van der Waals surface area contributed by atoms with Crippen LogP contribution in [-0.4, -0.2) is 71.2 Å². The monoisotopic (exact) mass is 430 g/mol. The Morgan fingerprint density at radius 3 is 2.67 bits per heavy atom. The van der Waals surface area contributed by atoms with Crippen molar-refractivity contribution in [3.63, 3.8) is 0 Å². The number of aromatic hydroxyl groups is 2. The van der Waals surface area contributed by atoms with E-state index >= 15 is 0 Å². The van der Waals surface area contributed by atoms with Crippen LogP contribution in [0.15, 0.2) is 42.1 Å². The Hall–Kier alpha value is -2.48. The van der Waals surface area contributed by atoms with E-state index in [2.05, 4.69) is 45.1 Å². The van der Waals surface area contributed by atoms with Gasteiger partial charge >= 0.3 is 0 Å². The number of nitrogens with one attached hydrogen (secondary N) is 1. The molecule has 1 saturated heterocycles. The third kappa shape index (κ3) is 4.19. The Balaban J connectivity index is 1.42. The second-order valence-corrected chi connectivity index (χ2v) is 8.28. The van der Waals surface area contributed by atoms with Crippen molar-refractivity contribution < 1.29 is 14.9 Å². The van der Waals surface area contributed by atoms with Gasteiger partial charge in [-0.2, -0.15) is 5.10 Å². The van der Waals surface area contributed by atoms with Gasteiger partial charge in [-0.1, -0.05) is 36.8 Å². The molecule has 1 aromatic heterocycles. The highest BCUT2D eigenvalue weighted by molar-refractivity contribution is 6.32. The van der Waals surface area contributed by atoms with Gasteiger partial charge in [0.05, 0.1) is 28.7 Å². The smallest absolute Gasteiger partial charge is 0.137 e. The molecule has 8 heteroatoms. The molecule has 2 unspecified atom stereocenters. The summed E-state index contributed by atoms with van der Waals surface area (Å²) in [7, 11) is 1.75. The number of hydrogen-bond acceptors (Lipinski definition) is 6. The summed E-state index contributed by atoms with van der Waals surface area (Å²) in [5.74, 6) is 0.194. The number of piperazine rings is 1. The molecule has 0 saturated carbocycles. The Kier molecular flexibility index (Phi) is 6.04. The van der Waals surface area contributed by atoms with Gasteiger partial charge in [0.25, 0.3) is 0 Å². The molecule has 3 N–H and O–H groups in total. The molecule has 1 fully saturated rings. The fourth-order valence-corrected chi connectivity index (χ4v) is 4.32. The van der Waals surface area contributed by atoms with Crippen molar-refractivity contribution in [2.45, 2.75) is 13.0 Å². The summed E-state index contributed by atoms with van der Waals surface area (Å²) in [4.78, 5) is 4.70. The Morgan fingerprint density at radius 1 is 1.20 bits per heavy atom. The second kappa shape index (κ2) is 8.71. The minimum Gasteiger partial charge on any atom is -0.507 e.